The smallest absolute Gasteiger partial charge is 0.257 e. The largest absolute Gasteiger partial charge is 0.383 e. The van der Waals surface area contributed by atoms with Crippen molar-refractivity contribution in [1.29, 1.82) is 0 Å². The maximum atomic E-state index is 13.7. The molecule has 1 amide bonds. The fraction of sp³-hybridized carbons (Fsp3) is 0.500. The molecule has 106 valence electrons. The summed E-state index contributed by atoms with van der Waals surface area (Å²) in [5.41, 5.74) is 0.0709. The number of methoxy groups -OCH3 is 2. The van der Waals surface area contributed by atoms with Gasteiger partial charge < -0.3 is 14.4 Å². The Hall–Kier alpha value is -1.46. The van der Waals surface area contributed by atoms with Gasteiger partial charge in [0.15, 0.2) is 0 Å². The van der Waals surface area contributed by atoms with Gasteiger partial charge in [-0.05, 0) is 19.1 Å². The molecule has 4 nitrogen and oxygen atoms in total. The van der Waals surface area contributed by atoms with Crippen molar-refractivity contribution >= 4 is 5.91 Å². The number of rotatable bonds is 7. The molecule has 0 aliphatic rings. The molecule has 0 aliphatic heterocycles. The van der Waals surface area contributed by atoms with E-state index >= 15 is 0 Å². The summed E-state index contributed by atoms with van der Waals surface area (Å²) >= 11 is 0. The number of carbonyl (C=O) groups is 1. The zero-order chi connectivity index (χ0) is 14.3. The lowest BCUT2D eigenvalue weighted by molar-refractivity contribution is 0.0475. The van der Waals surface area contributed by atoms with Crippen molar-refractivity contribution in [1.82, 2.24) is 4.90 Å². The van der Waals surface area contributed by atoms with Crippen LogP contribution in [-0.2, 0) is 9.47 Å². The summed E-state index contributed by atoms with van der Waals surface area (Å²) in [5, 5.41) is 0. The molecule has 0 fully saturated rings. The van der Waals surface area contributed by atoms with Crippen molar-refractivity contribution in [3.8, 4) is 0 Å². The van der Waals surface area contributed by atoms with Crippen LogP contribution < -0.4 is 0 Å². The van der Waals surface area contributed by atoms with Crippen LogP contribution in [-0.4, -0.2) is 50.8 Å². The lowest BCUT2D eigenvalue weighted by Crippen LogP contribution is -2.43. The number of carbonyl (C=O) groups excluding carboxylic acids is 1. The summed E-state index contributed by atoms with van der Waals surface area (Å²) in [5.74, 6) is -0.862. The van der Waals surface area contributed by atoms with Gasteiger partial charge in [0, 0.05) is 20.8 Å². The van der Waals surface area contributed by atoms with Crippen LogP contribution in [0.1, 0.15) is 17.3 Å². The first-order valence-corrected chi connectivity index (χ1v) is 6.15. The van der Waals surface area contributed by atoms with E-state index in [1.807, 2.05) is 6.92 Å². The van der Waals surface area contributed by atoms with Crippen LogP contribution in [0.4, 0.5) is 4.39 Å². The molecule has 0 saturated carbocycles. The predicted octanol–water partition coefficient (Wildman–Crippen LogP) is 1.95. The summed E-state index contributed by atoms with van der Waals surface area (Å²) in [7, 11) is 3.13. The fourth-order valence-corrected chi connectivity index (χ4v) is 1.83. The number of halogens is 1. The zero-order valence-corrected chi connectivity index (χ0v) is 11.6. The number of ether oxygens (including phenoxy) is 2. The van der Waals surface area contributed by atoms with Crippen LogP contribution in [0, 0.1) is 5.82 Å². The first kappa shape index (κ1) is 15.6. The topological polar surface area (TPSA) is 38.8 Å². The summed E-state index contributed by atoms with van der Waals surface area (Å²) in [6.07, 6.45) is 0. The van der Waals surface area contributed by atoms with E-state index in [0.717, 1.165) is 0 Å². The molecule has 1 aromatic carbocycles. The second-order valence-corrected chi connectivity index (χ2v) is 4.28. The van der Waals surface area contributed by atoms with E-state index in [-0.39, 0.29) is 17.5 Å². The number of amides is 1. The minimum atomic E-state index is -0.514. The predicted molar refractivity (Wildman–Crippen MR) is 70.7 cm³/mol. The Kier molecular flexibility index (Phi) is 6.45. The van der Waals surface area contributed by atoms with Crippen LogP contribution in [0.25, 0.3) is 0 Å². The van der Waals surface area contributed by atoms with Gasteiger partial charge in [-0.2, -0.15) is 0 Å². The molecule has 19 heavy (non-hydrogen) atoms. The van der Waals surface area contributed by atoms with Crippen LogP contribution in [0.2, 0.25) is 0 Å². The van der Waals surface area contributed by atoms with Crippen LogP contribution in [0.3, 0.4) is 0 Å². The van der Waals surface area contributed by atoms with Crippen molar-refractivity contribution in [2.24, 2.45) is 0 Å². The molecule has 1 rings (SSSR count). The van der Waals surface area contributed by atoms with Crippen molar-refractivity contribution in [2.75, 3.05) is 34.0 Å². The molecule has 0 saturated heterocycles. The second-order valence-electron chi connectivity index (χ2n) is 4.28. The summed E-state index contributed by atoms with van der Waals surface area (Å²) < 4.78 is 23.7. The summed E-state index contributed by atoms with van der Waals surface area (Å²) in [4.78, 5) is 13.9. The van der Waals surface area contributed by atoms with Gasteiger partial charge in [-0.25, -0.2) is 4.39 Å². The molecule has 0 aliphatic carbocycles. The van der Waals surface area contributed by atoms with Crippen LogP contribution in [0.5, 0.6) is 0 Å². The normalized spacial score (nSPS) is 12.2. The molecule has 0 spiro atoms. The van der Waals surface area contributed by atoms with E-state index in [9.17, 15) is 9.18 Å². The fourth-order valence-electron chi connectivity index (χ4n) is 1.83. The van der Waals surface area contributed by atoms with Crippen molar-refractivity contribution in [2.45, 2.75) is 13.0 Å². The van der Waals surface area contributed by atoms with Gasteiger partial charge in [-0.15, -0.1) is 0 Å². The maximum Gasteiger partial charge on any atom is 0.257 e. The molecular formula is C14H20FNO3. The molecule has 1 atom stereocenters. The highest BCUT2D eigenvalue weighted by atomic mass is 19.1. The molecule has 0 bridgehead atoms. The highest BCUT2D eigenvalue weighted by molar-refractivity contribution is 5.94. The second kappa shape index (κ2) is 7.86. The van der Waals surface area contributed by atoms with Crippen molar-refractivity contribution < 1.29 is 18.7 Å². The Morgan fingerprint density at radius 2 is 2.00 bits per heavy atom. The van der Waals surface area contributed by atoms with Gasteiger partial charge in [0.25, 0.3) is 5.91 Å². The van der Waals surface area contributed by atoms with Gasteiger partial charge in [-0.1, -0.05) is 12.1 Å². The van der Waals surface area contributed by atoms with E-state index in [2.05, 4.69) is 0 Å². The van der Waals surface area contributed by atoms with Gasteiger partial charge in [0.2, 0.25) is 0 Å². The first-order chi connectivity index (χ1) is 9.11. The van der Waals surface area contributed by atoms with E-state index in [1.54, 1.807) is 31.3 Å². The Bertz CT molecular complexity index is 411. The lowest BCUT2D eigenvalue weighted by Gasteiger charge is -2.28. The molecule has 0 aromatic heterocycles. The molecule has 0 radical (unpaired) electrons. The third kappa shape index (κ3) is 4.29. The van der Waals surface area contributed by atoms with E-state index in [1.165, 1.54) is 12.1 Å². The van der Waals surface area contributed by atoms with Gasteiger partial charge in [0.05, 0.1) is 24.8 Å². The third-order valence-electron chi connectivity index (χ3n) is 2.84. The Balaban J connectivity index is 2.90. The Labute approximate surface area is 113 Å². The highest BCUT2D eigenvalue weighted by Crippen LogP contribution is 2.12. The number of benzene rings is 1. The van der Waals surface area contributed by atoms with Gasteiger partial charge in [-0.3, -0.25) is 4.79 Å². The Morgan fingerprint density at radius 1 is 1.32 bits per heavy atom. The summed E-state index contributed by atoms with van der Waals surface area (Å²) in [6, 6.07) is 5.82. The van der Waals surface area contributed by atoms with Gasteiger partial charge >= 0.3 is 0 Å². The molecule has 0 heterocycles. The van der Waals surface area contributed by atoms with E-state index in [0.29, 0.717) is 19.8 Å². The molecule has 0 N–H and O–H groups in total. The number of nitrogens with zero attached hydrogens (tertiary/aromatic N) is 1. The Morgan fingerprint density at radius 3 is 2.58 bits per heavy atom. The van der Waals surface area contributed by atoms with Crippen LogP contribution >= 0.6 is 0 Å². The van der Waals surface area contributed by atoms with E-state index < -0.39 is 5.82 Å². The zero-order valence-electron chi connectivity index (χ0n) is 11.6. The van der Waals surface area contributed by atoms with Crippen molar-refractivity contribution in [3.05, 3.63) is 35.6 Å². The minimum Gasteiger partial charge on any atom is -0.383 e. The summed E-state index contributed by atoms with van der Waals surface area (Å²) in [6.45, 7) is 3.05. The maximum absolute atomic E-state index is 13.7. The molecule has 1 unspecified atom stereocenters. The number of hydrogen-bond donors (Lipinski definition) is 0. The molecule has 1 aromatic rings. The average Bonchev–Trinajstić information content (AvgIpc) is 2.39. The van der Waals surface area contributed by atoms with Gasteiger partial charge in [0.1, 0.15) is 5.82 Å². The van der Waals surface area contributed by atoms with E-state index in [4.69, 9.17) is 9.47 Å². The lowest BCUT2D eigenvalue weighted by atomic mass is 10.1. The standard InChI is InChI=1S/C14H20FNO3/c1-11(10-19-3)16(8-9-18-2)14(17)12-6-4-5-7-13(12)15/h4-7,11H,8-10H2,1-3H3. The first-order valence-electron chi connectivity index (χ1n) is 6.15. The third-order valence-corrected chi connectivity index (χ3v) is 2.84. The van der Waals surface area contributed by atoms with Crippen molar-refractivity contribution in [3.63, 3.8) is 0 Å². The average molecular weight is 269 g/mol. The SMILES string of the molecule is COCCN(C(=O)c1ccccc1F)C(C)COC. The highest BCUT2D eigenvalue weighted by Gasteiger charge is 2.23. The molecule has 5 heteroatoms. The number of hydrogen-bond acceptors (Lipinski definition) is 3. The minimum absolute atomic E-state index is 0.0709. The van der Waals surface area contributed by atoms with Crippen LogP contribution in [0.15, 0.2) is 24.3 Å². The monoisotopic (exact) mass is 269 g/mol. The molecular weight excluding hydrogens is 249 g/mol. The quantitative estimate of drug-likeness (QED) is 0.759.